The summed E-state index contributed by atoms with van der Waals surface area (Å²) in [5, 5.41) is 6.82. The van der Waals surface area contributed by atoms with Crippen LogP contribution in [0.3, 0.4) is 0 Å². The predicted octanol–water partition coefficient (Wildman–Crippen LogP) is 3.04. The van der Waals surface area contributed by atoms with Gasteiger partial charge in [0.05, 0.1) is 26.4 Å². The smallest absolute Gasteiger partial charge is 0.191 e. The van der Waals surface area contributed by atoms with E-state index in [-0.39, 0.29) is 0 Å². The summed E-state index contributed by atoms with van der Waals surface area (Å²) in [6.07, 6.45) is 0. The fourth-order valence-electron chi connectivity index (χ4n) is 3.54. The van der Waals surface area contributed by atoms with Crippen LogP contribution in [-0.2, 0) is 29.2 Å². The Bertz CT molecular complexity index is 791. The van der Waals surface area contributed by atoms with Crippen LogP contribution in [0.15, 0.2) is 59.6 Å². The third-order valence-electron chi connectivity index (χ3n) is 5.32. The molecule has 0 radical (unpaired) electrons. The molecule has 1 atom stereocenters. The highest BCUT2D eigenvalue weighted by atomic mass is 16.5. The SMILES string of the molecule is CN=C(NCc1cccc(CN2CCOCC2)c1)NCC(C)COCc1ccccc1. The number of nitrogens with one attached hydrogen (secondary N) is 2. The number of hydrogen-bond acceptors (Lipinski definition) is 4. The number of nitrogens with zero attached hydrogens (tertiary/aromatic N) is 2. The summed E-state index contributed by atoms with van der Waals surface area (Å²) in [7, 11) is 1.81. The molecule has 6 heteroatoms. The van der Waals surface area contributed by atoms with E-state index in [0.29, 0.717) is 19.1 Å². The van der Waals surface area contributed by atoms with E-state index in [4.69, 9.17) is 9.47 Å². The van der Waals surface area contributed by atoms with Gasteiger partial charge in [0.15, 0.2) is 5.96 Å². The molecular weight excluding hydrogens is 388 g/mol. The molecule has 0 aromatic heterocycles. The summed E-state index contributed by atoms with van der Waals surface area (Å²) < 4.78 is 11.3. The summed E-state index contributed by atoms with van der Waals surface area (Å²) in [5.74, 6) is 1.20. The van der Waals surface area contributed by atoms with Crippen molar-refractivity contribution in [3.8, 4) is 0 Å². The van der Waals surface area contributed by atoms with Crippen molar-refractivity contribution in [3.63, 3.8) is 0 Å². The van der Waals surface area contributed by atoms with E-state index >= 15 is 0 Å². The third-order valence-corrected chi connectivity index (χ3v) is 5.32. The quantitative estimate of drug-likeness (QED) is 0.454. The molecule has 0 amide bonds. The highest BCUT2D eigenvalue weighted by Gasteiger charge is 2.11. The summed E-state index contributed by atoms with van der Waals surface area (Å²) in [6, 6.07) is 19.0. The van der Waals surface area contributed by atoms with Crippen LogP contribution < -0.4 is 10.6 Å². The average molecular weight is 425 g/mol. The van der Waals surface area contributed by atoms with Crippen molar-refractivity contribution in [2.24, 2.45) is 10.9 Å². The van der Waals surface area contributed by atoms with Gasteiger partial charge in [0.2, 0.25) is 0 Å². The van der Waals surface area contributed by atoms with Crippen LogP contribution in [0.5, 0.6) is 0 Å². The molecular formula is C25H36N4O2. The highest BCUT2D eigenvalue weighted by Crippen LogP contribution is 2.10. The molecule has 0 bridgehead atoms. The lowest BCUT2D eigenvalue weighted by atomic mass is 10.1. The lowest BCUT2D eigenvalue weighted by molar-refractivity contribution is 0.0342. The van der Waals surface area contributed by atoms with Gasteiger partial charge in [0.1, 0.15) is 0 Å². The molecule has 31 heavy (non-hydrogen) atoms. The lowest BCUT2D eigenvalue weighted by Gasteiger charge is -2.26. The molecule has 2 aromatic carbocycles. The third kappa shape index (κ3) is 8.69. The van der Waals surface area contributed by atoms with Crippen LogP contribution in [0.25, 0.3) is 0 Å². The second-order valence-corrected chi connectivity index (χ2v) is 8.12. The second kappa shape index (κ2) is 13.1. The van der Waals surface area contributed by atoms with Gasteiger partial charge < -0.3 is 20.1 Å². The minimum atomic E-state index is 0.388. The molecule has 6 nitrogen and oxygen atoms in total. The van der Waals surface area contributed by atoms with E-state index in [0.717, 1.165) is 51.9 Å². The van der Waals surface area contributed by atoms with Gasteiger partial charge in [0.25, 0.3) is 0 Å². The second-order valence-electron chi connectivity index (χ2n) is 8.12. The molecule has 168 valence electrons. The van der Waals surface area contributed by atoms with Gasteiger partial charge in [-0.05, 0) is 22.6 Å². The van der Waals surface area contributed by atoms with E-state index in [1.807, 2.05) is 18.2 Å². The van der Waals surface area contributed by atoms with Crippen LogP contribution in [0.2, 0.25) is 0 Å². The van der Waals surface area contributed by atoms with E-state index in [2.05, 4.69) is 63.8 Å². The van der Waals surface area contributed by atoms with Crippen molar-refractivity contribution in [2.75, 3.05) is 46.5 Å². The Hall–Kier alpha value is -2.41. The maximum absolute atomic E-state index is 5.84. The first-order valence-corrected chi connectivity index (χ1v) is 11.2. The Balaban J connectivity index is 1.36. The first-order valence-electron chi connectivity index (χ1n) is 11.2. The van der Waals surface area contributed by atoms with Crippen molar-refractivity contribution in [1.29, 1.82) is 0 Å². The average Bonchev–Trinajstić information content (AvgIpc) is 2.81. The molecule has 0 saturated carbocycles. The Labute approximate surface area is 186 Å². The Morgan fingerprint density at radius 3 is 2.55 bits per heavy atom. The van der Waals surface area contributed by atoms with Gasteiger partial charge in [0, 0.05) is 39.8 Å². The van der Waals surface area contributed by atoms with Crippen LogP contribution in [0, 0.1) is 5.92 Å². The maximum atomic E-state index is 5.84. The molecule has 2 N–H and O–H groups in total. The Kier molecular flexibility index (Phi) is 9.83. The number of morpholine rings is 1. The zero-order chi connectivity index (χ0) is 21.7. The monoisotopic (exact) mass is 424 g/mol. The Morgan fingerprint density at radius 1 is 1.03 bits per heavy atom. The molecule has 2 aromatic rings. The lowest BCUT2D eigenvalue weighted by Crippen LogP contribution is -2.39. The largest absolute Gasteiger partial charge is 0.379 e. The zero-order valence-electron chi connectivity index (χ0n) is 18.8. The summed E-state index contributed by atoms with van der Waals surface area (Å²) in [4.78, 5) is 6.79. The van der Waals surface area contributed by atoms with Gasteiger partial charge in [-0.3, -0.25) is 9.89 Å². The van der Waals surface area contributed by atoms with Gasteiger partial charge in [-0.15, -0.1) is 0 Å². The van der Waals surface area contributed by atoms with Gasteiger partial charge in [-0.2, -0.15) is 0 Å². The molecule has 1 heterocycles. The van der Waals surface area contributed by atoms with Crippen LogP contribution in [0.1, 0.15) is 23.6 Å². The maximum Gasteiger partial charge on any atom is 0.191 e. The minimum Gasteiger partial charge on any atom is -0.379 e. The summed E-state index contributed by atoms with van der Waals surface area (Å²) >= 11 is 0. The number of guanidine groups is 1. The van der Waals surface area contributed by atoms with E-state index in [9.17, 15) is 0 Å². The standard InChI is InChI=1S/C25H36N4O2/c1-21(19-31-20-22-7-4-3-5-8-22)16-27-25(26-2)28-17-23-9-6-10-24(15-23)18-29-11-13-30-14-12-29/h3-10,15,21H,11-14,16-20H2,1-2H3,(H2,26,27,28). The number of rotatable bonds is 10. The minimum absolute atomic E-state index is 0.388. The molecule has 1 aliphatic rings. The number of benzene rings is 2. The van der Waals surface area contributed by atoms with Crippen molar-refractivity contribution >= 4 is 5.96 Å². The highest BCUT2D eigenvalue weighted by molar-refractivity contribution is 5.79. The first kappa shape index (κ1) is 23.3. The molecule has 0 aliphatic carbocycles. The van der Waals surface area contributed by atoms with Crippen molar-refractivity contribution in [1.82, 2.24) is 15.5 Å². The van der Waals surface area contributed by atoms with Gasteiger partial charge in [-0.1, -0.05) is 61.5 Å². The van der Waals surface area contributed by atoms with Crippen molar-refractivity contribution in [2.45, 2.75) is 26.6 Å². The van der Waals surface area contributed by atoms with E-state index < -0.39 is 0 Å². The molecule has 0 spiro atoms. The molecule has 1 fully saturated rings. The van der Waals surface area contributed by atoms with Crippen LogP contribution >= 0.6 is 0 Å². The van der Waals surface area contributed by atoms with Crippen molar-refractivity contribution < 1.29 is 9.47 Å². The normalized spacial score (nSPS) is 16.1. The number of hydrogen-bond donors (Lipinski definition) is 2. The van der Waals surface area contributed by atoms with Gasteiger partial charge >= 0.3 is 0 Å². The van der Waals surface area contributed by atoms with Crippen LogP contribution in [-0.4, -0.2) is 57.4 Å². The number of aliphatic imine (C=N–C) groups is 1. The first-order chi connectivity index (χ1) is 15.2. The molecule has 1 unspecified atom stereocenters. The van der Waals surface area contributed by atoms with Crippen molar-refractivity contribution in [3.05, 3.63) is 71.3 Å². The molecule has 1 saturated heterocycles. The fraction of sp³-hybridized carbons (Fsp3) is 0.480. The molecule has 3 rings (SSSR count). The number of ether oxygens (including phenoxy) is 2. The Morgan fingerprint density at radius 2 is 1.77 bits per heavy atom. The predicted molar refractivity (Wildman–Crippen MR) is 126 cm³/mol. The zero-order valence-corrected chi connectivity index (χ0v) is 18.8. The topological polar surface area (TPSA) is 58.1 Å². The van der Waals surface area contributed by atoms with Gasteiger partial charge in [-0.25, -0.2) is 0 Å². The van der Waals surface area contributed by atoms with E-state index in [1.54, 1.807) is 7.05 Å². The summed E-state index contributed by atoms with van der Waals surface area (Å²) in [6.45, 7) is 9.75. The summed E-state index contributed by atoms with van der Waals surface area (Å²) in [5.41, 5.74) is 3.80. The van der Waals surface area contributed by atoms with E-state index in [1.165, 1.54) is 16.7 Å². The van der Waals surface area contributed by atoms with Crippen LogP contribution in [0.4, 0.5) is 0 Å². The fourth-order valence-corrected chi connectivity index (χ4v) is 3.54. The molecule has 1 aliphatic heterocycles.